The fourth-order valence-electron chi connectivity index (χ4n) is 1.65. The SMILES string of the molecule is FC(F)(F)C(F)(F)C(F)(F)C(F)(F)C(F)(F)C(F)(F)C(F)(F)C(F)(F)C[CH2][Sn]([Cl])([Cl])[Cl]. The molecule has 0 radical (unpaired) electrons. The van der Waals surface area contributed by atoms with Gasteiger partial charge in [-0.25, -0.2) is 0 Å². The molecule has 0 aliphatic heterocycles. The first-order valence-corrected chi connectivity index (χ1v) is 19.6. The molecular formula is C10H4Cl3F17Sn. The van der Waals surface area contributed by atoms with Crippen molar-refractivity contribution in [2.75, 3.05) is 0 Å². The zero-order valence-corrected chi connectivity index (χ0v) is 18.6. The van der Waals surface area contributed by atoms with Crippen LogP contribution < -0.4 is 0 Å². The normalized spacial score (nSPS) is 16.6. The molecule has 0 aromatic carbocycles. The summed E-state index contributed by atoms with van der Waals surface area (Å²) in [7, 11) is 15.1. The van der Waals surface area contributed by atoms with Crippen molar-refractivity contribution in [3.63, 3.8) is 0 Å². The number of hydrogen-bond donors (Lipinski definition) is 0. The van der Waals surface area contributed by atoms with Crippen LogP contribution in [0, 0.1) is 0 Å². The van der Waals surface area contributed by atoms with Crippen molar-refractivity contribution in [3.8, 4) is 0 Å². The Morgan fingerprint density at radius 1 is 0.419 bits per heavy atom. The van der Waals surface area contributed by atoms with Gasteiger partial charge in [0.05, 0.1) is 0 Å². The maximum absolute atomic E-state index is 13.4. The second-order valence-corrected chi connectivity index (χ2v) is 27.6. The molecule has 0 heterocycles. The Hall–Kier alpha value is 0.479. The molecule has 0 nitrogen and oxygen atoms in total. The van der Waals surface area contributed by atoms with Gasteiger partial charge in [-0.3, -0.25) is 0 Å². The zero-order chi connectivity index (χ0) is 25.9. The Morgan fingerprint density at radius 3 is 0.935 bits per heavy atom. The molecule has 0 aliphatic rings. The molecular weight excluding hydrogens is 668 g/mol. The van der Waals surface area contributed by atoms with Crippen molar-refractivity contribution < 1.29 is 74.6 Å². The maximum atomic E-state index is 13.4. The minimum atomic E-state index is -8.64. The summed E-state index contributed by atoms with van der Waals surface area (Å²) >= 11 is -5.12. The topological polar surface area (TPSA) is 0 Å². The summed E-state index contributed by atoms with van der Waals surface area (Å²) in [5.41, 5.74) is 0. The molecule has 0 bridgehead atoms. The first kappa shape index (κ1) is 31.5. The second kappa shape index (κ2) is 8.30. The van der Waals surface area contributed by atoms with Crippen LogP contribution in [0.15, 0.2) is 0 Å². The molecule has 0 saturated carbocycles. The van der Waals surface area contributed by atoms with E-state index in [-0.39, 0.29) is 0 Å². The number of halogens is 20. The van der Waals surface area contributed by atoms with E-state index in [0.29, 0.717) is 0 Å². The van der Waals surface area contributed by atoms with Gasteiger partial charge in [0.15, 0.2) is 0 Å². The van der Waals surface area contributed by atoms with Crippen molar-refractivity contribution in [3.05, 3.63) is 0 Å². The van der Waals surface area contributed by atoms with Crippen LogP contribution in [0.5, 0.6) is 0 Å². The standard InChI is InChI=1S/C10H4F17.3ClH.Sn/c1-2-3(11,12)4(13,14)5(15,16)6(17,18)7(19,20)8(21,22)9(23,24)10(25,26)27;;;;/h1-2H2;3*1H;/q;;;;+3/p-3. The minimum absolute atomic E-state index is 1.64. The third-order valence-electron chi connectivity index (χ3n) is 3.51. The predicted molar refractivity (Wildman–Crippen MR) is 73.4 cm³/mol. The molecule has 0 fully saturated rings. The third-order valence-corrected chi connectivity index (χ3v) is 9.64. The molecule has 0 rings (SSSR count). The van der Waals surface area contributed by atoms with E-state index in [4.69, 9.17) is 26.8 Å². The molecule has 0 amide bonds. The van der Waals surface area contributed by atoms with Gasteiger partial charge < -0.3 is 0 Å². The van der Waals surface area contributed by atoms with Crippen LogP contribution in [0.1, 0.15) is 6.42 Å². The van der Waals surface area contributed by atoms with Gasteiger partial charge in [-0.15, -0.1) is 0 Å². The van der Waals surface area contributed by atoms with E-state index < -0.39 is 73.5 Å². The van der Waals surface area contributed by atoms with Crippen molar-refractivity contribution >= 4 is 41.8 Å². The van der Waals surface area contributed by atoms with Crippen LogP contribution >= 0.6 is 26.8 Å². The summed E-state index contributed by atoms with van der Waals surface area (Å²) in [6, 6.07) is 0. The Bertz CT molecular complexity index is 650. The molecule has 0 aromatic heterocycles. The molecule has 0 aliphatic carbocycles. The molecule has 31 heavy (non-hydrogen) atoms. The summed E-state index contributed by atoms with van der Waals surface area (Å²) in [5.74, 6) is -56.5. The fourth-order valence-corrected chi connectivity index (χ4v) is 5.26. The van der Waals surface area contributed by atoms with Gasteiger partial charge in [-0.2, -0.15) is 0 Å². The summed E-state index contributed by atoms with van der Waals surface area (Å²) in [4.78, 5) is 0. The van der Waals surface area contributed by atoms with Gasteiger partial charge in [0.2, 0.25) is 0 Å². The van der Waals surface area contributed by atoms with E-state index in [2.05, 4.69) is 0 Å². The second-order valence-electron chi connectivity index (χ2n) is 5.76. The van der Waals surface area contributed by atoms with Crippen LogP contribution in [0.3, 0.4) is 0 Å². The van der Waals surface area contributed by atoms with Crippen molar-refractivity contribution in [1.29, 1.82) is 0 Å². The molecule has 0 unspecified atom stereocenters. The molecule has 0 atom stereocenters. The Labute approximate surface area is 175 Å². The monoisotopic (exact) mass is 672 g/mol. The molecule has 0 aromatic rings. The number of alkyl halides is 17. The number of rotatable bonds is 9. The quantitative estimate of drug-likeness (QED) is 0.172. The first-order valence-electron chi connectivity index (χ1n) is 6.74. The van der Waals surface area contributed by atoms with Gasteiger partial charge >= 0.3 is 175 Å². The summed E-state index contributed by atoms with van der Waals surface area (Å²) in [6.07, 6.45) is -10.5. The van der Waals surface area contributed by atoms with Gasteiger partial charge in [0.1, 0.15) is 0 Å². The van der Waals surface area contributed by atoms with Gasteiger partial charge in [0, 0.05) is 0 Å². The van der Waals surface area contributed by atoms with Crippen LogP contribution in [-0.2, 0) is 0 Å². The molecule has 0 spiro atoms. The van der Waals surface area contributed by atoms with Crippen LogP contribution in [0.25, 0.3) is 0 Å². The third kappa shape index (κ3) is 4.98. The van der Waals surface area contributed by atoms with E-state index in [1.165, 1.54) is 0 Å². The Balaban J connectivity index is 6.56. The first-order chi connectivity index (χ1) is 13.0. The average molecular weight is 672 g/mol. The van der Waals surface area contributed by atoms with Crippen LogP contribution in [0.4, 0.5) is 74.6 Å². The van der Waals surface area contributed by atoms with Gasteiger partial charge in [0.25, 0.3) is 0 Å². The van der Waals surface area contributed by atoms with E-state index >= 15 is 0 Å². The van der Waals surface area contributed by atoms with E-state index in [1.807, 2.05) is 0 Å². The van der Waals surface area contributed by atoms with E-state index in [0.717, 1.165) is 0 Å². The Morgan fingerprint density at radius 2 is 0.677 bits per heavy atom. The molecule has 0 N–H and O–H groups in total. The zero-order valence-electron chi connectivity index (χ0n) is 13.5. The summed E-state index contributed by atoms with van der Waals surface area (Å²) in [6.45, 7) is 0. The van der Waals surface area contributed by atoms with Gasteiger partial charge in [-0.1, -0.05) is 0 Å². The van der Waals surface area contributed by atoms with Crippen LogP contribution in [0.2, 0.25) is 4.44 Å². The van der Waals surface area contributed by atoms with Crippen LogP contribution in [-0.4, -0.2) is 62.6 Å². The molecule has 188 valence electrons. The molecule has 21 heteroatoms. The summed E-state index contributed by atoms with van der Waals surface area (Å²) < 4.78 is 219. The van der Waals surface area contributed by atoms with E-state index in [1.54, 1.807) is 0 Å². The van der Waals surface area contributed by atoms with Crippen molar-refractivity contribution in [2.24, 2.45) is 0 Å². The molecule has 0 saturated heterocycles. The van der Waals surface area contributed by atoms with Crippen molar-refractivity contribution in [2.45, 2.75) is 58.5 Å². The van der Waals surface area contributed by atoms with E-state index in [9.17, 15) is 74.6 Å². The average Bonchev–Trinajstić information content (AvgIpc) is 2.50. The summed E-state index contributed by atoms with van der Waals surface area (Å²) in [5, 5.41) is 0. The fraction of sp³-hybridized carbons (Fsp3) is 1.00. The Kier molecular flexibility index (Phi) is 8.43. The predicted octanol–water partition coefficient (Wildman–Crippen LogP) is 8.04. The van der Waals surface area contributed by atoms with Crippen molar-refractivity contribution in [1.82, 2.24) is 0 Å². The number of hydrogen-bond acceptors (Lipinski definition) is 0. The van der Waals surface area contributed by atoms with Gasteiger partial charge in [-0.05, 0) is 0 Å².